The van der Waals surface area contributed by atoms with Crippen molar-refractivity contribution in [3.05, 3.63) is 169 Å². The summed E-state index contributed by atoms with van der Waals surface area (Å²) < 4.78 is 0. The van der Waals surface area contributed by atoms with Crippen LogP contribution < -0.4 is 9.80 Å². The Morgan fingerprint density at radius 1 is 0.371 bits per heavy atom. The van der Waals surface area contributed by atoms with Crippen LogP contribution in [-0.2, 0) is 0 Å². The number of hydrogen-bond donors (Lipinski definition) is 0. The zero-order valence-electron chi connectivity index (χ0n) is 37.8. The third-order valence-electron chi connectivity index (χ3n) is 15.3. The van der Waals surface area contributed by atoms with Crippen molar-refractivity contribution in [2.24, 2.45) is 35.5 Å². The molecule has 0 aliphatic heterocycles. The van der Waals surface area contributed by atoms with E-state index >= 15 is 0 Å². The van der Waals surface area contributed by atoms with E-state index in [2.05, 4.69) is 209 Å². The highest BCUT2D eigenvalue weighted by molar-refractivity contribution is 6.24. The van der Waals surface area contributed by atoms with E-state index < -0.39 is 0 Å². The number of anilines is 6. The molecule has 2 fully saturated rings. The van der Waals surface area contributed by atoms with Crippen molar-refractivity contribution >= 4 is 66.4 Å². The molecule has 0 amide bonds. The van der Waals surface area contributed by atoms with Crippen LogP contribution in [0.15, 0.2) is 158 Å². The molecule has 2 nitrogen and oxygen atoms in total. The lowest BCUT2D eigenvalue weighted by Crippen LogP contribution is -2.26. The number of para-hydroxylation sites is 2. The van der Waals surface area contributed by atoms with Crippen molar-refractivity contribution in [2.45, 2.75) is 91.9 Å². The zero-order chi connectivity index (χ0) is 42.5. The van der Waals surface area contributed by atoms with E-state index in [0.717, 1.165) is 23.7 Å². The van der Waals surface area contributed by atoms with E-state index in [-0.39, 0.29) is 0 Å². The Bertz CT molecular complexity index is 2490. The molecule has 8 aromatic rings. The Labute approximate surface area is 370 Å². The maximum absolute atomic E-state index is 2.45. The fourth-order valence-corrected chi connectivity index (χ4v) is 12.0. The molecule has 0 radical (unpaired) electrons. The summed E-state index contributed by atoms with van der Waals surface area (Å²) in [7, 11) is 0. The van der Waals surface area contributed by atoms with Crippen molar-refractivity contribution in [3.63, 3.8) is 0 Å². The van der Waals surface area contributed by atoms with E-state index in [4.69, 9.17) is 0 Å². The van der Waals surface area contributed by atoms with Gasteiger partial charge in [0.1, 0.15) is 0 Å². The summed E-state index contributed by atoms with van der Waals surface area (Å²) >= 11 is 0. The summed E-state index contributed by atoms with van der Waals surface area (Å²) in [4.78, 5) is 4.89. The molecule has 0 bridgehead atoms. The second kappa shape index (κ2) is 16.9. The third-order valence-corrected chi connectivity index (χ3v) is 15.3. The van der Waals surface area contributed by atoms with Gasteiger partial charge in [-0.25, -0.2) is 0 Å². The molecule has 6 unspecified atom stereocenters. The summed E-state index contributed by atoms with van der Waals surface area (Å²) in [6, 6.07) is 60.0. The summed E-state index contributed by atoms with van der Waals surface area (Å²) in [5.74, 6) is 5.73. The number of benzene rings is 8. The Morgan fingerprint density at radius 3 is 1.02 bits per heavy atom. The predicted molar refractivity (Wildman–Crippen MR) is 268 cm³/mol. The highest BCUT2D eigenvalue weighted by Crippen LogP contribution is 2.48. The summed E-state index contributed by atoms with van der Waals surface area (Å²) in [6.45, 7) is 14.6. The molecular weight excluding hydrogens is 749 g/mol. The molecule has 0 spiro atoms. The maximum Gasteiger partial charge on any atom is 0.0473 e. The van der Waals surface area contributed by atoms with Gasteiger partial charge >= 0.3 is 0 Å². The van der Waals surface area contributed by atoms with Crippen LogP contribution in [0.5, 0.6) is 0 Å². The Hall–Kier alpha value is -5.60. The van der Waals surface area contributed by atoms with Crippen LogP contribution in [0.1, 0.15) is 103 Å². The SMILES string of the molecule is CC1CCC(C(C)C)C(c2ccc(N(c3ccccc3)c3cc4ccc5cc(N(c6ccccc6)c6ccc(C7CC(C)CCC7C(C)C)cc6)cc6ccc(c3)c4c56)cc2)C1. The van der Waals surface area contributed by atoms with E-state index in [0.29, 0.717) is 23.7 Å². The van der Waals surface area contributed by atoms with Gasteiger partial charge in [0, 0.05) is 34.1 Å². The summed E-state index contributed by atoms with van der Waals surface area (Å²) in [5.41, 5.74) is 10.1. The zero-order valence-corrected chi connectivity index (χ0v) is 37.8. The van der Waals surface area contributed by atoms with Crippen LogP contribution in [0.2, 0.25) is 0 Å². The van der Waals surface area contributed by atoms with Gasteiger partial charge in [-0.15, -0.1) is 0 Å². The van der Waals surface area contributed by atoms with Gasteiger partial charge in [0.2, 0.25) is 0 Å². The normalized spacial score (nSPS) is 21.9. The van der Waals surface area contributed by atoms with Crippen molar-refractivity contribution in [1.29, 1.82) is 0 Å². The average molecular weight is 813 g/mol. The molecular formula is C60H64N2. The lowest BCUT2D eigenvalue weighted by molar-refractivity contribution is 0.197. The minimum Gasteiger partial charge on any atom is -0.310 e. The third kappa shape index (κ3) is 7.65. The van der Waals surface area contributed by atoms with Crippen LogP contribution in [0, 0.1) is 35.5 Å². The van der Waals surface area contributed by atoms with Crippen LogP contribution in [0.3, 0.4) is 0 Å². The van der Waals surface area contributed by atoms with Gasteiger partial charge in [0.15, 0.2) is 0 Å². The molecule has 2 saturated carbocycles. The molecule has 2 aliphatic rings. The smallest absolute Gasteiger partial charge is 0.0473 e. The van der Waals surface area contributed by atoms with Gasteiger partial charge in [-0.2, -0.15) is 0 Å². The summed E-state index contributed by atoms with van der Waals surface area (Å²) in [6.07, 6.45) is 7.97. The minimum atomic E-state index is 0.629. The van der Waals surface area contributed by atoms with Crippen molar-refractivity contribution in [1.82, 2.24) is 0 Å². The highest BCUT2D eigenvalue weighted by atomic mass is 15.1. The van der Waals surface area contributed by atoms with Gasteiger partial charge in [-0.1, -0.05) is 139 Å². The quantitative estimate of drug-likeness (QED) is 0.127. The van der Waals surface area contributed by atoms with Gasteiger partial charge in [0.05, 0.1) is 0 Å². The Kier molecular flexibility index (Phi) is 11.1. The van der Waals surface area contributed by atoms with Crippen LogP contribution in [0.25, 0.3) is 32.3 Å². The second-order valence-electron chi connectivity index (χ2n) is 20.1. The molecule has 314 valence electrons. The molecule has 62 heavy (non-hydrogen) atoms. The lowest BCUT2D eigenvalue weighted by Gasteiger charge is -2.38. The molecule has 8 aromatic carbocycles. The Morgan fingerprint density at radius 2 is 0.694 bits per heavy atom. The number of hydrogen-bond acceptors (Lipinski definition) is 2. The number of rotatable bonds is 10. The Balaban J connectivity index is 1.03. The second-order valence-corrected chi connectivity index (χ2v) is 20.1. The van der Waals surface area contributed by atoms with Gasteiger partial charge in [-0.3, -0.25) is 0 Å². The van der Waals surface area contributed by atoms with E-state index in [1.54, 1.807) is 0 Å². The molecule has 2 heteroatoms. The summed E-state index contributed by atoms with van der Waals surface area (Å²) in [5, 5.41) is 7.74. The van der Waals surface area contributed by atoms with Crippen LogP contribution in [-0.4, -0.2) is 0 Å². The molecule has 0 N–H and O–H groups in total. The largest absolute Gasteiger partial charge is 0.310 e. The van der Waals surface area contributed by atoms with Crippen molar-refractivity contribution in [2.75, 3.05) is 9.80 Å². The predicted octanol–water partition coefficient (Wildman–Crippen LogP) is 17.9. The fraction of sp³-hybridized carbons (Fsp3) is 0.333. The minimum absolute atomic E-state index is 0.629. The molecule has 0 aromatic heterocycles. The van der Waals surface area contributed by atoms with Gasteiger partial charge < -0.3 is 9.80 Å². The number of nitrogens with zero attached hydrogens (tertiary/aromatic N) is 2. The fourth-order valence-electron chi connectivity index (χ4n) is 12.0. The maximum atomic E-state index is 2.45. The monoisotopic (exact) mass is 813 g/mol. The molecule has 0 saturated heterocycles. The molecule has 6 atom stereocenters. The highest BCUT2D eigenvalue weighted by Gasteiger charge is 2.33. The van der Waals surface area contributed by atoms with Crippen LogP contribution >= 0.6 is 0 Å². The van der Waals surface area contributed by atoms with E-state index in [1.807, 2.05) is 0 Å². The lowest BCUT2D eigenvalue weighted by atomic mass is 9.67. The van der Waals surface area contributed by atoms with Gasteiger partial charge in [-0.05, 0) is 189 Å². The molecule has 10 rings (SSSR count). The van der Waals surface area contributed by atoms with Crippen molar-refractivity contribution in [3.8, 4) is 0 Å². The van der Waals surface area contributed by atoms with E-state index in [9.17, 15) is 0 Å². The standard InChI is InChI=1S/C60H64N2/c1-39(2)55-31-17-41(5)33-57(55)43-23-27-51(28-24-43)61(49-13-9-7-10-14-49)53-35-45-19-21-47-37-54(38-48-22-20-46(36-53)59(45)60(47)48)62(50-15-11-8-12-16-50)52-29-25-44(26-30-52)58-34-42(6)18-32-56(58)40(3)4/h7-16,19-30,35-42,55-58H,17-18,31-34H2,1-6H3. The van der Waals surface area contributed by atoms with Crippen LogP contribution in [0.4, 0.5) is 34.1 Å². The average Bonchev–Trinajstić information content (AvgIpc) is 3.29. The van der Waals surface area contributed by atoms with E-state index in [1.165, 1.54) is 116 Å². The first kappa shape index (κ1) is 40.5. The first-order chi connectivity index (χ1) is 30.2. The first-order valence-corrected chi connectivity index (χ1v) is 23.8. The molecule has 2 aliphatic carbocycles. The first-order valence-electron chi connectivity index (χ1n) is 23.8. The van der Waals surface area contributed by atoms with Gasteiger partial charge in [0.25, 0.3) is 0 Å². The van der Waals surface area contributed by atoms with Crippen molar-refractivity contribution < 1.29 is 0 Å². The molecule has 0 heterocycles. The topological polar surface area (TPSA) is 6.48 Å².